The van der Waals surface area contributed by atoms with Gasteiger partial charge in [-0.1, -0.05) is 38.1 Å². The molecule has 0 spiro atoms. The molecule has 0 atom stereocenters. The molecule has 0 fully saturated rings. The molecule has 2 aromatic rings. The Hall–Kier alpha value is -3.03. The van der Waals surface area contributed by atoms with Crippen LogP contribution in [0, 0.1) is 0 Å². The molecule has 2 heterocycles. The number of nitrogens with zero attached hydrogens (tertiary/aromatic N) is 3. The first-order valence-corrected chi connectivity index (χ1v) is 8.21. The number of benzene rings is 1. The molecule has 2 amide bonds. The summed E-state index contributed by atoms with van der Waals surface area (Å²) in [7, 11) is 0. The van der Waals surface area contributed by atoms with Gasteiger partial charge in [-0.2, -0.15) is 4.98 Å². The minimum absolute atomic E-state index is 0.0394. The lowest BCUT2D eigenvalue weighted by Crippen LogP contribution is -2.32. The Bertz CT molecular complexity index is 831. The number of fused-ring (bicyclic) bond motifs is 1. The Morgan fingerprint density at radius 2 is 1.77 bits per heavy atom. The van der Waals surface area contributed by atoms with Gasteiger partial charge in [0.15, 0.2) is 12.4 Å². The van der Waals surface area contributed by atoms with E-state index in [1.165, 1.54) is 0 Å². The minimum Gasteiger partial charge on any atom is -0.456 e. The van der Waals surface area contributed by atoms with Crippen molar-refractivity contribution in [3.63, 3.8) is 0 Å². The number of hydrogen-bond acceptors (Lipinski definition) is 7. The summed E-state index contributed by atoms with van der Waals surface area (Å²) in [5.74, 6) is -0.633. The highest BCUT2D eigenvalue weighted by atomic mass is 16.6. The Labute approximate surface area is 150 Å². The minimum atomic E-state index is -0.558. The molecule has 0 bridgehead atoms. The molecule has 3 rings (SSSR count). The van der Waals surface area contributed by atoms with Gasteiger partial charge in [-0.05, 0) is 12.1 Å². The summed E-state index contributed by atoms with van der Waals surface area (Å²) in [6.07, 6.45) is -0.105. The molecule has 0 N–H and O–H groups in total. The maximum Gasteiger partial charge on any atom is 0.308 e. The molecular weight excluding hydrogens is 338 g/mol. The average Bonchev–Trinajstić information content (AvgIpc) is 3.17. The van der Waals surface area contributed by atoms with E-state index in [4.69, 9.17) is 9.26 Å². The first-order chi connectivity index (χ1) is 12.3. The second kappa shape index (κ2) is 6.70. The molecule has 1 aliphatic rings. The molecule has 8 heteroatoms. The third-order valence-corrected chi connectivity index (χ3v) is 3.91. The van der Waals surface area contributed by atoms with Crippen LogP contribution < -0.4 is 0 Å². The van der Waals surface area contributed by atoms with Gasteiger partial charge in [0.1, 0.15) is 0 Å². The zero-order valence-electron chi connectivity index (χ0n) is 14.8. The maximum atomic E-state index is 12.2. The Morgan fingerprint density at radius 3 is 2.31 bits per heavy atom. The lowest BCUT2D eigenvalue weighted by atomic mass is 9.96. The number of amides is 2. The van der Waals surface area contributed by atoms with Gasteiger partial charge in [0.05, 0.1) is 17.5 Å². The van der Waals surface area contributed by atoms with E-state index in [2.05, 4.69) is 10.1 Å². The molecule has 1 aliphatic heterocycles. The quantitative estimate of drug-likeness (QED) is 0.596. The summed E-state index contributed by atoms with van der Waals surface area (Å²) in [5.41, 5.74) is 0.440. The van der Waals surface area contributed by atoms with Gasteiger partial charge in [0.25, 0.3) is 17.7 Å². The summed E-state index contributed by atoms with van der Waals surface area (Å²) >= 11 is 0. The monoisotopic (exact) mass is 357 g/mol. The predicted molar refractivity (Wildman–Crippen MR) is 89.2 cm³/mol. The van der Waals surface area contributed by atoms with Gasteiger partial charge >= 0.3 is 5.97 Å². The standard InChI is InChI=1S/C18H19N3O5/c1-18(2,3)17-19-13(26-20-17)10-25-14(22)8-9-21-15(23)11-6-4-5-7-12(11)16(21)24/h4-7H,8-10H2,1-3H3. The number of aromatic nitrogens is 2. The molecular formula is C18H19N3O5. The van der Waals surface area contributed by atoms with E-state index in [9.17, 15) is 14.4 Å². The summed E-state index contributed by atoms with van der Waals surface area (Å²) in [4.78, 5) is 41.6. The molecule has 1 aromatic heterocycles. The highest BCUT2D eigenvalue weighted by Gasteiger charge is 2.35. The fourth-order valence-corrected chi connectivity index (χ4v) is 2.48. The van der Waals surface area contributed by atoms with Crippen molar-refractivity contribution in [3.8, 4) is 0 Å². The molecule has 0 unspecified atom stereocenters. The lowest BCUT2D eigenvalue weighted by Gasteiger charge is -2.12. The number of esters is 1. The third kappa shape index (κ3) is 3.49. The first-order valence-electron chi connectivity index (χ1n) is 8.21. The summed E-state index contributed by atoms with van der Waals surface area (Å²) in [6.45, 7) is 5.63. The van der Waals surface area contributed by atoms with Crippen molar-refractivity contribution in [2.75, 3.05) is 6.54 Å². The van der Waals surface area contributed by atoms with Crippen molar-refractivity contribution in [3.05, 3.63) is 47.1 Å². The van der Waals surface area contributed by atoms with Crippen molar-refractivity contribution in [2.45, 2.75) is 39.2 Å². The third-order valence-electron chi connectivity index (χ3n) is 3.91. The normalized spacial score (nSPS) is 13.9. The molecule has 0 saturated heterocycles. The Kier molecular flexibility index (Phi) is 4.58. The van der Waals surface area contributed by atoms with E-state index < -0.39 is 17.8 Å². The van der Waals surface area contributed by atoms with Gasteiger partial charge < -0.3 is 9.26 Å². The van der Waals surface area contributed by atoms with E-state index in [1.807, 2.05) is 20.8 Å². The van der Waals surface area contributed by atoms with Crippen LogP contribution >= 0.6 is 0 Å². The van der Waals surface area contributed by atoms with Crippen LogP contribution in [0.15, 0.2) is 28.8 Å². The van der Waals surface area contributed by atoms with Crippen LogP contribution in [0.1, 0.15) is 59.6 Å². The number of hydrogen-bond donors (Lipinski definition) is 0. The fourth-order valence-electron chi connectivity index (χ4n) is 2.48. The van der Waals surface area contributed by atoms with Gasteiger partial charge in [-0.25, -0.2) is 0 Å². The van der Waals surface area contributed by atoms with Gasteiger partial charge in [0, 0.05) is 12.0 Å². The molecule has 26 heavy (non-hydrogen) atoms. The van der Waals surface area contributed by atoms with Crippen molar-refractivity contribution in [2.24, 2.45) is 0 Å². The van der Waals surface area contributed by atoms with E-state index in [0.29, 0.717) is 17.0 Å². The first kappa shape index (κ1) is 17.8. The number of ether oxygens (including phenoxy) is 1. The highest BCUT2D eigenvalue weighted by molar-refractivity contribution is 6.21. The Morgan fingerprint density at radius 1 is 1.15 bits per heavy atom. The second-order valence-electron chi connectivity index (χ2n) is 6.98. The van der Waals surface area contributed by atoms with Crippen molar-refractivity contribution in [1.82, 2.24) is 15.0 Å². The van der Waals surface area contributed by atoms with E-state index in [-0.39, 0.29) is 30.9 Å². The zero-order valence-corrected chi connectivity index (χ0v) is 14.8. The molecule has 0 saturated carbocycles. The summed E-state index contributed by atoms with van der Waals surface area (Å²) < 4.78 is 10.1. The van der Waals surface area contributed by atoms with Crippen LogP contribution in [0.5, 0.6) is 0 Å². The Balaban J connectivity index is 1.52. The van der Waals surface area contributed by atoms with Gasteiger partial charge in [0.2, 0.25) is 0 Å². The largest absolute Gasteiger partial charge is 0.456 e. The van der Waals surface area contributed by atoms with Crippen LogP contribution in [-0.2, 0) is 21.6 Å². The van der Waals surface area contributed by atoms with Crippen molar-refractivity contribution in [1.29, 1.82) is 0 Å². The average molecular weight is 357 g/mol. The van der Waals surface area contributed by atoms with Crippen LogP contribution in [0.3, 0.4) is 0 Å². The van der Waals surface area contributed by atoms with Gasteiger partial charge in [-0.3, -0.25) is 19.3 Å². The molecule has 0 radical (unpaired) electrons. The topological polar surface area (TPSA) is 103 Å². The fraction of sp³-hybridized carbons (Fsp3) is 0.389. The number of rotatable bonds is 5. The highest BCUT2D eigenvalue weighted by Crippen LogP contribution is 2.22. The van der Waals surface area contributed by atoms with E-state index in [0.717, 1.165) is 4.90 Å². The predicted octanol–water partition coefficient (Wildman–Crippen LogP) is 2.10. The van der Waals surface area contributed by atoms with Crippen molar-refractivity contribution < 1.29 is 23.6 Å². The zero-order chi connectivity index (χ0) is 18.9. The molecule has 8 nitrogen and oxygen atoms in total. The SMILES string of the molecule is CC(C)(C)c1noc(COC(=O)CCN2C(=O)c3ccccc3C2=O)n1. The van der Waals surface area contributed by atoms with Crippen LogP contribution in [0.25, 0.3) is 0 Å². The number of carbonyl (C=O) groups excluding carboxylic acids is 3. The molecule has 1 aromatic carbocycles. The lowest BCUT2D eigenvalue weighted by molar-refractivity contribution is -0.145. The van der Waals surface area contributed by atoms with Crippen LogP contribution in [-0.4, -0.2) is 39.4 Å². The van der Waals surface area contributed by atoms with E-state index in [1.54, 1.807) is 24.3 Å². The van der Waals surface area contributed by atoms with E-state index >= 15 is 0 Å². The maximum absolute atomic E-state index is 12.2. The number of carbonyl (C=O) groups is 3. The van der Waals surface area contributed by atoms with Crippen LogP contribution in [0.4, 0.5) is 0 Å². The van der Waals surface area contributed by atoms with Gasteiger partial charge in [-0.15, -0.1) is 0 Å². The summed E-state index contributed by atoms with van der Waals surface area (Å²) in [5, 5.41) is 3.84. The smallest absolute Gasteiger partial charge is 0.308 e. The second-order valence-corrected chi connectivity index (χ2v) is 6.98. The summed E-state index contributed by atoms with van der Waals surface area (Å²) in [6, 6.07) is 6.57. The molecule has 0 aliphatic carbocycles. The van der Waals surface area contributed by atoms with Crippen LogP contribution in [0.2, 0.25) is 0 Å². The number of imide groups is 1. The molecule has 136 valence electrons. The van der Waals surface area contributed by atoms with Crippen molar-refractivity contribution >= 4 is 17.8 Å².